The first kappa shape index (κ1) is 31.0. The summed E-state index contributed by atoms with van der Waals surface area (Å²) in [5.41, 5.74) is 1.67. The molecule has 0 aliphatic heterocycles. The number of methoxy groups -OCH3 is 1. The second-order valence-electron chi connectivity index (χ2n) is 10.6. The Balaban J connectivity index is 1.73. The molecule has 224 valence electrons. The molecule has 0 bridgehead atoms. The number of amides is 2. The number of halogens is 1. The molecule has 4 rings (SSSR count). The molecule has 10 heteroatoms. The van der Waals surface area contributed by atoms with Gasteiger partial charge in [-0.1, -0.05) is 73.9 Å². The van der Waals surface area contributed by atoms with Crippen molar-refractivity contribution in [2.45, 2.75) is 57.2 Å². The molecule has 1 aliphatic rings. The van der Waals surface area contributed by atoms with E-state index in [1.54, 1.807) is 36.4 Å². The summed E-state index contributed by atoms with van der Waals surface area (Å²) in [5, 5.41) is 3.16. The first-order valence-electron chi connectivity index (χ1n) is 14.1. The smallest absolute Gasteiger partial charge is 0.244 e. The zero-order valence-electron chi connectivity index (χ0n) is 24.0. The van der Waals surface area contributed by atoms with Gasteiger partial charge in [0.1, 0.15) is 24.2 Å². The summed E-state index contributed by atoms with van der Waals surface area (Å²) in [5.74, 6) is -1.01. The molecule has 3 aromatic rings. The molecule has 42 heavy (non-hydrogen) atoms. The van der Waals surface area contributed by atoms with E-state index in [2.05, 4.69) is 5.32 Å². The largest absolute Gasteiger partial charge is 0.495 e. The van der Waals surface area contributed by atoms with Gasteiger partial charge in [-0.05, 0) is 48.2 Å². The molecular formula is C32H38FN3O5S. The van der Waals surface area contributed by atoms with E-state index in [9.17, 15) is 22.4 Å². The Morgan fingerprint density at radius 2 is 1.57 bits per heavy atom. The van der Waals surface area contributed by atoms with Gasteiger partial charge in [0.2, 0.25) is 21.8 Å². The highest BCUT2D eigenvalue weighted by atomic mass is 32.2. The molecule has 1 fully saturated rings. The number of anilines is 1. The molecule has 0 radical (unpaired) electrons. The van der Waals surface area contributed by atoms with Gasteiger partial charge in [0, 0.05) is 19.0 Å². The Bertz CT molecular complexity index is 1440. The fourth-order valence-corrected chi connectivity index (χ4v) is 6.17. The zero-order valence-corrected chi connectivity index (χ0v) is 24.9. The van der Waals surface area contributed by atoms with Crippen molar-refractivity contribution in [2.75, 3.05) is 24.2 Å². The van der Waals surface area contributed by atoms with Crippen LogP contribution in [0.15, 0.2) is 78.9 Å². The third kappa shape index (κ3) is 8.31. The molecule has 0 spiro atoms. The van der Waals surface area contributed by atoms with E-state index in [1.807, 2.05) is 30.3 Å². The van der Waals surface area contributed by atoms with E-state index in [0.29, 0.717) is 5.56 Å². The lowest BCUT2D eigenvalue weighted by Gasteiger charge is -2.35. The fourth-order valence-electron chi connectivity index (χ4n) is 5.32. The lowest BCUT2D eigenvalue weighted by Crippen LogP contribution is -2.55. The topological polar surface area (TPSA) is 96.0 Å². The molecule has 0 saturated heterocycles. The van der Waals surface area contributed by atoms with Crippen LogP contribution < -0.4 is 14.4 Å². The van der Waals surface area contributed by atoms with E-state index >= 15 is 0 Å². The summed E-state index contributed by atoms with van der Waals surface area (Å²) < 4.78 is 46.1. The number of carbonyl (C=O) groups is 2. The maximum atomic E-state index is 14.2. The van der Waals surface area contributed by atoms with Crippen LogP contribution in [0.25, 0.3) is 0 Å². The number of hydrogen-bond acceptors (Lipinski definition) is 5. The minimum absolute atomic E-state index is 0.00777. The molecule has 3 aromatic carbocycles. The normalized spacial score (nSPS) is 14.5. The van der Waals surface area contributed by atoms with Crippen molar-refractivity contribution >= 4 is 27.5 Å². The van der Waals surface area contributed by atoms with Gasteiger partial charge in [0.15, 0.2) is 0 Å². The molecule has 1 unspecified atom stereocenters. The predicted octanol–water partition coefficient (Wildman–Crippen LogP) is 4.69. The van der Waals surface area contributed by atoms with E-state index < -0.39 is 34.3 Å². The van der Waals surface area contributed by atoms with Crippen LogP contribution >= 0.6 is 0 Å². The van der Waals surface area contributed by atoms with Crippen LogP contribution in [0.3, 0.4) is 0 Å². The van der Waals surface area contributed by atoms with Crippen molar-refractivity contribution in [3.8, 4) is 5.75 Å². The van der Waals surface area contributed by atoms with Gasteiger partial charge >= 0.3 is 0 Å². The molecule has 0 heterocycles. The average Bonchev–Trinajstić information content (AvgIpc) is 2.99. The highest BCUT2D eigenvalue weighted by molar-refractivity contribution is 7.92. The molecule has 1 saturated carbocycles. The summed E-state index contributed by atoms with van der Waals surface area (Å²) in [7, 11) is -2.51. The van der Waals surface area contributed by atoms with Crippen molar-refractivity contribution in [1.82, 2.24) is 10.2 Å². The first-order chi connectivity index (χ1) is 20.2. The second kappa shape index (κ2) is 14.3. The Morgan fingerprint density at radius 3 is 2.21 bits per heavy atom. The van der Waals surface area contributed by atoms with Crippen LogP contribution in [-0.4, -0.2) is 57.1 Å². The van der Waals surface area contributed by atoms with E-state index in [0.717, 1.165) is 48.2 Å². The Hall–Kier alpha value is -3.92. The molecule has 2 amide bonds. The summed E-state index contributed by atoms with van der Waals surface area (Å²) in [6.45, 7) is -0.569. The van der Waals surface area contributed by atoms with Crippen LogP contribution in [0.2, 0.25) is 0 Å². The maximum Gasteiger partial charge on any atom is 0.244 e. The van der Waals surface area contributed by atoms with E-state index in [4.69, 9.17) is 4.74 Å². The quantitative estimate of drug-likeness (QED) is 0.328. The monoisotopic (exact) mass is 595 g/mol. The highest BCUT2D eigenvalue weighted by Gasteiger charge is 2.34. The van der Waals surface area contributed by atoms with Crippen LogP contribution in [0.1, 0.15) is 43.2 Å². The van der Waals surface area contributed by atoms with Gasteiger partial charge in [-0.3, -0.25) is 13.9 Å². The minimum Gasteiger partial charge on any atom is -0.495 e. The zero-order chi connectivity index (χ0) is 30.1. The minimum atomic E-state index is -3.93. The first-order valence-corrected chi connectivity index (χ1v) is 16.0. The van der Waals surface area contributed by atoms with Gasteiger partial charge < -0.3 is 15.0 Å². The van der Waals surface area contributed by atoms with Gasteiger partial charge in [-0.15, -0.1) is 0 Å². The highest BCUT2D eigenvalue weighted by Crippen LogP contribution is 2.30. The lowest BCUT2D eigenvalue weighted by atomic mass is 9.94. The average molecular weight is 596 g/mol. The van der Waals surface area contributed by atoms with Crippen molar-refractivity contribution in [1.29, 1.82) is 0 Å². The number of sulfonamides is 1. The lowest BCUT2D eigenvalue weighted by molar-refractivity contribution is -0.140. The SMILES string of the molecule is COc1ccccc1N(CC(=O)N(Cc1ccc(F)cc1)C(Cc1ccccc1)C(=O)NC1CCCCC1)S(C)(=O)=O. The standard InChI is InChI=1S/C32H38FN3O5S/c1-41-30-16-10-9-15-28(30)36(42(2,39)40)23-31(37)35(22-25-17-19-26(33)20-18-25)29(21-24-11-5-3-6-12-24)32(38)34-27-13-7-4-8-14-27/h3,5-6,9-12,15-20,27,29H,4,7-8,13-14,21-23H2,1-2H3,(H,34,38). The summed E-state index contributed by atoms with van der Waals surface area (Å²) in [6, 6.07) is 20.7. The maximum absolute atomic E-state index is 14.2. The summed E-state index contributed by atoms with van der Waals surface area (Å²) in [4.78, 5) is 29.5. The van der Waals surface area contributed by atoms with E-state index in [1.165, 1.54) is 24.1 Å². The molecule has 8 nitrogen and oxygen atoms in total. The van der Waals surface area contributed by atoms with Crippen molar-refractivity contribution in [3.63, 3.8) is 0 Å². The second-order valence-corrected chi connectivity index (χ2v) is 12.5. The molecule has 0 aromatic heterocycles. The number of hydrogen-bond donors (Lipinski definition) is 1. The van der Waals surface area contributed by atoms with E-state index in [-0.39, 0.29) is 36.4 Å². The number of para-hydroxylation sites is 2. The van der Waals surface area contributed by atoms with Crippen LogP contribution in [0.4, 0.5) is 10.1 Å². The number of benzene rings is 3. The van der Waals surface area contributed by atoms with Crippen LogP contribution in [-0.2, 0) is 32.6 Å². The fraction of sp³-hybridized carbons (Fsp3) is 0.375. The van der Waals surface area contributed by atoms with Gasteiger partial charge in [0.05, 0.1) is 19.1 Å². The number of nitrogens with zero attached hydrogens (tertiary/aromatic N) is 2. The number of nitrogens with one attached hydrogen (secondary N) is 1. The van der Waals surface area contributed by atoms with Crippen molar-refractivity contribution < 1.29 is 27.1 Å². The number of carbonyl (C=O) groups excluding carboxylic acids is 2. The van der Waals surface area contributed by atoms with Gasteiger partial charge in [-0.25, -0.2) is 12.8 Å². The Morgan fingerprint density at radius 1 is 0.929 bits per heavy atom. The van der Waals surface area contributed by atoms with Gasteiger partial charge in [0.25, 0.3) is 0 Å². The molecule has 1 N–H and O–H groups in total. The van der Waals surface area contributed by atoms with Crippen LogP contribution in [0, 0.1) is 5.82 Å². The predicted molar refractivity (Wildman–Crippen MR) is 161 cm³/mol. The summed E-state index contributed by atoms with van der Waals surface area (Å²) >= 11 is 0. The third-order valence-electron chi connectivity index (χ3n) is 7.52. The van der Waals surface area contributed by atoms with Crippen molar-refractivity contribution in [2.24, 2.45) is 0 Å². The van der Waals surface area contributed by atoms with Crippen LogP contribution in [0.5, 0.6) is 5.75 Å². The molecule has 1 aliphatic carbocycles. The summed E-state index contributed by atoms with van der Waals surface area (Å²) in [6.07, 6.45) is 6.15. The number of rotatable bonds is 12. The molecule has 1 atom stereocenters. The Labute approximate surface area is 247 Å². The van der Waals surface area contributed by atoms with Gasteiger partial charge in [-0.2, -0.15) is 0 Å². The van der Waals surface area contributed by atoms with Crippen molar-refractivity contribution in [3.05, 3.63) is 95.8 Å². The third-order valence-corrected chi connectivity index (χ3v) is 8.65. The Kier molecular flexibility index (Phi) is 10.6. The number of ether oxygens (including phenoxy) is 1. The molecular weight excluding hydrogens is 557 g/mol.